The first kappa shape index (κ1) is 15.8. The average molecular weight is 311 g/mol. The first-order valence-corrected chi connectivity index (χ1v) is 8.27. The van der Waals surface area contributed by atoms with E-state index in [1.165, 1.54) is 11.1 Å². The molecule has 2 aromatic rings. The minimum absolute atomic E-state index is 0.115. The summed E-state index contributed by atoms with van der Waals surface area (Å²) in [6, 6.07) is 17.5. The Bertz CT molecular complexity index is 658. The molecule has 1 heterocycles. The van der Waals surface area contributed by atoms with Crippen molar-refractivity contribution in [2.45, 2.75) is 6.92 Å². The van der Waals surface area contributed by atoms with Crippen molar-refractivity contribution in [2.24, 2.45) is 0 Å². The zero-order valence-electron chi connectivity index (χ0n) is 13.6. The molecule has 0 saturated carbocycles. The Morgan fingerprint density at radius 1 is 1.04 bits per heavy atom. The van der Waals surface area contributed by atoms with Gasteiger partial charge in [0.05, 0.1) is 38.4 Å². The standard InChI is InChI=1S/C20H23FN2/c1-17(15-18-7-3-2-4-8-18)16-22-11-13-23(14-12-22)20-10-6-5-9-19(20)21/h2-10,15H,11-14,16H2,1H3/p+1/b17-15+. The van der Waals surface area contributed by atoms with Crippen LogP contribution < -0.4 is 9.80 Å². The topological polar surface area (TPSA) is 7.68 Å². The summed E-state index contributed by atoms with van der Waals surface area (Å²) in [5.41, 5.74) is 3.39. The molecular formula is C20H24FN2+. The van der Waals surface area contributed by atoms with Gasteiger partial charge in [-0.05, 0) is 30.2 Å². The number of piperazine rings is 1. The summed E-state index contributed by atoms with van der Waals surface area (Å²) in [6.45, 7) is 7.18. The van der Waals surface area contributed by atoms with Crippen LogP contribution in [-0.4, -0.2) is 32.7 Å². The van der Waals surface area contributed by atoms with E-state index >= 15 is 0 Å². The number of para-hydroxylation sites is 1. The molecule has 0 amide bonds. The van der Waals surface area contributed by atoms with Gasteiger partial charge in [0.1, 0.15) is 5.82 Å². The molecule has 0 radical (unpaired) electrons. The van der Waals surface area contributed by atoms with Crippen LogP contribution in [0.3, 0.4) is 0 Å². The molecule has 0 bridgehead atoms. The summed E-state index contributed by atoms with van der Waals surface area (Å²) in [7, 11) is 0. The Balaban J connectivity index is 1.55. The molecule has 1 saturated heterocycles. The molecule has 1 fully saturated rings. The fourth-order valence-corrected chi connectivity index (χ4v) is 3.23. The SMILES string of the molecule is C/C(=C\c1ccccc1)C[NH+]1CCN(c2ccccc2F)CC1. The van der Waals surface area contributed by atoms with Gasteiger partial charge in [-0.1, -0.05) is 48.5 Å². The van der Waals surface area contributed by atoms with Crippen molar-refractivity contribution in [3.8, 4) is 0 Å². The molecular weight excluding hydrogens is 287 g/mol. The van der Waals surface area contributed by atoms with Crippen LogP contribution in [0.1, 0.15) is 12.5 Å². The zero-order valence-corrected chi connectivity index (χ0v) is 13.6. The molecule has 1 aliphatic rings. The number of hydrogen-bond acceptors (Lipinski definition) is 1. The number of nitrogens with zero attached hydrogens (tertiary/aromatic N) is 1. The van der Waals surface area contributed by atoms with E-state index in [1.807, 2.05) is 18.2 Å². The number of rotatable bonds is 4. The van der Waals surface area contributed by atoms with Gasteiger partial charge in [-0.2, -0.15) is 0 Å². The van der Waals surface area contributed by atoms with E-state index in [4.69, 9.17) is 0 Å². The molecule has 2 nitrogen and oxygen atoms in total. The van der Waals surface area contributed by atoms with E-state index in [1.54, 1.807) is 17.0 Å². The van der Waals surface area contributed by atoms with Gasteiger partial charge >= 0.3 is 0 Å². The van der Waals surface area contributed by atoms with Gasteiger partial charge in [0.15, 0.2) is 0 Å². The van der Waals surface area contributed by atoms with Crippen molar-refractivity contribution in [3.05, 3.63) is 71.6 Å². The highest BCUT2D eigenvalue weighted by Gasteiger charge is 2.21. The molecule has 0 atom stereocenters. The van der Waals surface area contributed by atoms with Crippen LogP contribution in [0.4, 0.5) is 10.1 Å². The summed E-state index contributed by atoms with van der Waals surface area (Å²) in [6.07, 6.45) is 2.26. The number of hydrogen-bond donors (Lipinski definition) is 1. The molecule has 3 rings (SSSR count). The fourth-order valence-electron chi connectivity index (χ4n) is 3.23. The van der Waals surface area contributed by atoms with Gasteiger partial charge in [-0.3, -0.25) is 0 Å². The number of quaternary nitrogens is 1. The molecule has 0 aromatic heterocycles. The van der Waals surface area contributed by atoms with Crippen molar-refractivity contribution in [1.29, 1.82) is 0 Å². The van der Waals surface area contributed by atoms with Crippen LogP contribution in [0.5, 0.6) is 0 Å². The maximum absolute atomic E-state index is 13.9. The van der Waals surface area contributed by atoms with E-state index in [2.05, 4.69) is 42.2 Å². The van der Waals surface area contributed by atoms with Crippen LogP contribution in [0.25, 0.3) is 6.08 Å². The van der Waals surface area contributed by atoms with E-state index in [0.29, 0.717) is 0 Å². The summed E-state index contributed by atoms with van der Waals surface area (Å²) >= 11 is 0. The van der Waals surface area contributed by atoms with Gasteiger partial charge < -0.3 is 9.80 Å². The van der Waals surface area contributed by atoms with Gasteiger partial charge in [-0.25, -0.2) is 4.39 Å². The largest absolute Gasteiger partial charge is 0.358 e. The third-order valence-electron chi connectivity index (χ3n) is 4.41. The van der Waals surface area contributed by atoms with Crippen LogP contribution in [0.2, 0.25) is 0 Å². The highest BCUT2D eigenvalue weighted by molar-refractivity contribution is 5.52. The second-order valence-electron chi connectivity index (χ2n) is 6.27. The number of halogens is 1. The third kappa shape index (κ3) is 4.20. The van der Waals surface area contributed by atoms with Crippen molar-refractivity contribution >= 4 is 11.8 Å². The van der Waals surface area contributed by atoms with Gasteiger partial charge in [0, 0.05) is 0 Å². The minimum atomic E-state index is -0.115. The third-order valence-corrected chi connectivity index (χ3v) is 4.41. The second-order valence-corrected chi connectivity index (χ2v) is 6.27. The van der Waals surface area contributed by atoms with Gasteiger partial charge in [0.25, 0.3) is 0 Å². The van der Waals surface area contributed by atoms with Crippen LogP contribution in [0.15, 0.2) is 60.2 Å². The molecule has 0 unspecified atom stereocenters. The average Bonchev–Trinajstić information content (AvgIpc) is 2.57. The molecule has 2 aromatic carbocycles. The van der Waals surface area contributed by atoms with Crippen LogP contribution in [0, 0.1) is 5.82 Å². The van der Waals surface area contributed by atoms with E-state index in [9.17, 15) is 4.39 Å². The highest BCUT2D eigenvalue weighted by atomic mass is 19.1. The van der Waals surface area contributed by atoms with E-state index < -0.39 is 0 Å². The predicted octanol–water partition coefficient (Wildman–Crippen LogP) is 2.63. The molecule has 0 aliphatic carbocycles. The lowest BCUT2D eigenvalue weighted by molar-refractivity contribution is -0.895. The molecule has 3 heteroatoms. The quantitative estimate of drug-likeness (QED) is 0.912. The van der Waals surface area contributed by atoms with Gasteiger partial charge in [0.2, 0.25) is 0 Å². The summed E-state index contributed by atoms with van der Waals surface area (Å²) in [4.78, 5) is 3.73. The Kier molecular flexibility index (Phi) is 5.09. The Morgan fingerprint density at radius 2 is 1.70 bits per heavy atom. The van der Waals surface area contributed by atoms with Crippen molar-refractivity contribution in [2.75, 3.05) is 37.6 Å². The van der Waals surface area contributed by atoms with E-state index in [-0.39, 0.29) is 5.82 Å². The molecule has 120 valence electrons. The number of benzene rings is 2. The number of anilines is 1. The van der Waals surface area contributed by atoms with Crippen molar-refractivity contribution in [3.63, 3.8) is 0 Å². The first-order chi connectivity index (χ1) is 11.2. The van der Waals surface area contributed by atoms with Crippen LogP contribution in [-0.2, 0) is 0 Å². The Morgan fingerprint density at radius 3 is 2.39 bits per heavy atom. The Hall–Kier alpha value is -2.13. The lowest BCUT2D eigenvalue weighted by atomic mass is 10.1. The van der Waals surface area contributed by atoms with Crippen molar-refractivity contribution in [1.82, 2.24) is 0 Å². The van der Waals surface area contributed by atoms with Crippen molar-refractivity contribution < 1.29 is 9.29 Å². The summed E-state index contributed by atoms with van der Waals surface area (Å²) < 4.78 is 13.9. The predicted molar refractivity (Wildman–Crippen MR) is 94.3 cm³/mol. The molecule has 0 spiro atoms. The van der Waals surface area contributed by atoms with Gasteiger partial charge in [-0.15, -0.1) is 0 Å². The Labute approximate surface area is 137 Å². The second kappa shape index (κ2) is 7.42. The molecule has 23 heavy (non-hydrogen) atoms. The fraction of sp³-hybridized carbons (Fsp3) is 0.300. The number of nitrogens with one attached hydrogen (secondary N) is 1. The molecule has 1 N–H and O–H groups in total. The smallest absolute Gasteiger partial charge is 0.146 e. The van der Waals surface area contributed by atoms with Crippen LogP contribution >= 0.6 is 0 Å². The summed E-state index contributed by atoms with van der Waals surface area (Å²) in [5.74, 6) is -0.115. The maximum atomic E-state index is 13.9. The lowest BCUT2D eigenvalue weighted by Crippen LogP contribution is -3.15. The maximum Gasteiger partial charge on any atom is 0.146 e. The monoisotopic (exact) mass is 311 g/mol. The first-order valence-electron chi connectivity index (χ1n) is 8.27. The summed E-state index contributed by atoms with van der Waals surface area (Å²) in [5, 5.41) is 0. The lowest BCUT2D eigenvalue weighted by Gasteiger charge is -2.34. The normalized spacial score (nSPS) is 16.6. The minimum Gasteiger partial charge on any atom is -0.358 e. The zero-order chi connectivity index (χ0) is 16.1. The highest BCUT2D eigenvalue weighted by Crippen LogP contribution is 2.18. The molecule has 1 aliphatic heterocycles. The van der Waals surface area contributed by atoms with E-state index in [0.717, 1.165) is 38.4 Å².